The summed E-state index contributed by atoms with van der Waals surface area (Å²) in [6, 6.07) is 6.07. The summed E-state index contributed by atoms with van der Waals surface area (Å²) < 4.78 is 2.07. The molecule has 0 amide bonds. The highest BCUT2D eigenvalue weighted by Gasteiger charge is 2.16. The molecule has 0 radical (unpaired) electrons. The summed E-state index contributed by atoms with van der Waals surface area (Å²) in [7, 11) is 2.02. The Morgan fingerprint density at radius 2 is 2.10 bits per heavy atom. The second-order valence-corrected chi connectivity index (χ2v) is 5.53. The van der Waals surface area contributed by atoms with E-state index >= 15 is 0 Å². The summed E-state index contributed by atoms with van der Waals surface area (Å²) >= 11 is 0. The number of benzene rings is 1. The zero-order valence-electron chi connectivity index (χ0n) is 12.1. The van der Waals surface area contributed by atoms with Crippen LogP contribution in [0.25, 0.3) is 11.0 Å². The molecule has 3 rings (SSSR count). The zero-order valence-corrected chi connectivity index (χ0v) is 12.1. The quantitative estimate of drug-likeness (QED) is 0.870. The molecule has 1 atom stereocenters. The number of piperazine rings is 1. The molecule has 0 bridgehead atoms. The summed E-state index contributed by atoms with van der Waals surface area (Å²) in [5, 5.41) is 13.7. The standard InChI is InChI=1S/C15H22N4O/c1-11-17-13-9-12(3-4-14(13)18(11)2)15(20)10-19-7-5-16-6-8-19/h3-4,9,15-16,20H,5-8,10H2,1-2H3. The average molecular weight is 274 g/mol. The minimum Gasteiger partial charge on any atom is -0.387 e. The van der Waals surface area contributed by atoms with Crippen LogP contribution in [0.5, 0.6) is 0 Å². The number of β-amino-alcohol motifs (C(OH)–C–C–N with tert-alkyl or cyclic N) is 1. The van der Waals surface area contributed by atoms with Gasteiger partial charge in [-0.3, -0.25) is 4.90 Å². The monoisotopic (exact) mass is 274 g/mol. The van der Waals surface area contributed by atoms with E-state index in [9.17, 15) is 5.11 Å². The Bertz CT molecular complexity index is 601. The van der Waals surface area contributed by atoms with Gasteiger partial charge in [-0.05, 0) is 24.6 Å². The second kappa shape index (κ2) is 5.52. The molecule has 1 fully saturated rings. The molecular weight excluding hydrogens is 252 g/mol. The summed E-state index contributed by atoms with van der Waals surface area (Å²) in [5.41, 5.74) is 3.02. The van der Waals surface area contributed by atoms with Gasteiger partial charge < -0.3 is 15.0 Å². The van der Waals surface area contributed by atoms with E-state index in [1.54, 1.807) is 0 Å². The van der Waals surface area contributed by atoms with E-state index in [1.165, 1.54) is 0 Å². The smallest absolute Gasteiger partial charge is 0.106 e. The SMILES string of the molecule is Cc1nc2cc(C(O)CN3CCNCC3)ccc2n1C. The lowest BCUT2D eigenvalue weighted by atomic mass is 10.1. The number of aliphatic hydroxyl groups is 1. The fourth-order valence-electron chi connectivity index (χ4n) is 2.79. The second-order valence-electron chi connectivity index (χ2n) is 5.53. The van der Waals surface area contributed by atoms with Crippen molar-refractivity contribution in [2.24, 2.45) is 7.05 Å². The lowest BCUT2D eigenvalue weighted by molar-refractivity contribution is 0.106. The van der Waals surface area contributed by atoms with Crippen molar-refractivity contribution in [3.8, 4) is 0 Å². The van der Waals surface area contributed by atoms with E-state index in [0.29, 0.717) is 6.54 Å². The molecule has 0 saturated carbocycles. The molecule has 0 spiro atoms. The van der Waals surface area contributed by atoms with Gasteiger partial charge in [-0.15, -0.1) is 0 Å². The number of rotatable bonds is 3. The van der Waals surface area contributed by atoms with E-state index in [1.807, 2.05) is 32.2 Å². The molecular formula is C15H22N4O. The fraction of sp³-hybridized carbons (Fsp3) is 0.533. The van der Waals surface area contributed by atoms with Crippen LogP contribution >= 0.6 is 0 Å². The Morgan fingerprint density at radius 1 is 1.35 bits per heavy atom. The highest BCUT2D eigenvalue weighted by molar-refractivity contribution is 5.76. The molecule has 2 aromatic rings. The molecule has 1 aromatic carbocycles. The van der Waals surface area contributed by atoms with Crippen LogP contribution in [0, 0.1) is 6.92 Å². The van der Waals surface area contributed by atoms with Gasteiger partial charge in [-0.25, -0.2) is 4.98 Å². The minimum atomic E-state index is -0.445. The highest BCUT2D eigenvalue weighted by Crippen LogP contribution is 2.21. The Morgan fingerprint density at radius 3 is 2.85 bits per heavy atom. The Hall–Kier alpha value is -1.43. The van der Waals surface area contributed by atoms with Crippen molar-refractivity contribution in [1.82, 2.24) is 19.8 Å². The van der Waals surface area contributed by atoms with Crippen molar-refractivity contribution < 1.29 is 5.11 Å². The van der Waals surface area contributed by atoms with Gasteiger partial charge in [0.2, 0.25) is 0 Å². The van der Waals surface area contributed by atoms with Gasteiger partial charge in [0, 0.05) is 39.8 Å². The molecule has 1 aliphatic heterocycles. The molecule has 2 heterocycles. The van der Waals surface area contributed by atoms with E-state index in [4.69, 9.17) is 0 Å². The Kier molecular flexibility index (Phi) is 3.74. The van der Waals surface area contributed by atoms with Crippen molar-refractivity contribution in [1.29, 1.82) is 0 Å². The predicted octanol–water partition coefficient (Wildman–Crippen LogP) is 0.820. The molecule has 108 valence electrons. The minimum absolute atomic E-state index is 0.445. The van der Waals surface area contributed by atoms with Crippen molar-refractivity contribution >= 4 is 11.0 Å². The first kappa shape index (κ1) is 13.5. The molecule has 20 heavy (non-hydrogen) atoms. The van der Waals surface area contributed by atoms with Crippen molar-refractivity contribution in [2.45, 2.75) is 13.0 Å². The third-order valence-corrected chi connectivity index (χ3v) is 4.15. The maximum atomic E-state index is 10.4. The van der Waals surface area contributed by atoms with E-state index in [2.05, 4.69) is 19.8 Å². The van der Waals surface area contributed by atoms with Gasteiger partial charge >= 0.3 is 0 Å². The van der Waals surface area contributed by atoms with Gasteiger partial charge in [-0.1, -0.05) is 6.07 Å². The first-order valence-electron chi connectivity index (χ1n) is 7.19. The third kappa shape index (κ3) is 2.57. The van der Waals surface area contributed by atoms with Gasteiger partial charge in [0.1, 0.15) is 5.82 Å². The lowest BCUT2D eigenvalue weighted by Crippen LogP contribution is -2.44. The molecule has 5 heteroatoms. The normalized spacial score (nSPS) is 18.6. The average Bonchev–Trinajstić information content (AvgIpc) is 2.74. The number of hydrogen-bond donors (Lipinski definition) is 2. The summed E-state index contributed by atoms with van der Waals surface area (Å²) in [6.07, 6.45) is -0.445. The number of nitrogens with zero attached hydrogens (tertiary/aromatic N) is 3. The maximum Gasteiger partial charge on any atom is 0.106 e. The van der Waals surface area contributed by atoms with Crippen LogP contribution in [-0.4, -0.2) is 52.3 Å². The number of imidazole rings is 1. The molecule has 1 unspecified atom stereocenters. The number of hydrogen-bond acceptors (Lipinski definition) is 4. The Labute approximate surface area is 119 Å². The lowest BCUT2D eigenvalue weighted by Gasteiger charge is -2.29. The van der Waals surface area contributed by atoms with Crippen LogP contribution in [-0.2, 0) is 7.05 Å². The van der Waals surface area contributed by atoms with Crippen LogP contribution in [0.2, 0.25) is 0 Å². The topological polar surface area (TPSA) is 53.3 Å². The Balaban J connectivity index is 1.78. The van der Waals surface area contributed by atoms with Crippen molar-refractivity contribution in [3.05, 3.63) is 29.6 Å². The molecule has 1 aliphatic rings. The third-order valence-electron chi connectivity index (χ3n) is 4.15. The van der Waals surface area contributed by atoms with Gasteiger partial charge in [0.15, 0.2) is 0 Å². The number of nitrogens with one attached hydrogen (secondary N) is 1. The molecule has 1 saturated heterocycles. The number of aryl methyl sites for hydroxylation is 2. The van der Waals surface area contributed by atoms with Crippen LogP contribution in [0.4, 0.5) is 0 Å². The first-order chi connectivity index (χ1) is 9.65. The highest BCUT2D eigenvalue weighted by atomic mass is 16.3. The maximum absolute atomic E-state index is 10.4. The summed E-state index contributed by atoms with van der Waals surface area (Å²) in [5.74, 6) is 0.994. The number of aliphatic hydroxyl groups excluding tert-OH is 1. The van der Waals surface area contributed by atoms with E-state index in [-0.39, 0.29) is 0 Å². The van der Waals surface area contributed by atoms with E-state index in [0.717, 1.165) is 48.6 Å². The number of fused-ring (bicyclic) bond motifs is 1. The molecule has 1 aromatic heterocycles. The zero-order chi connectivity index (χ0) is 14.1. The fourth-order valence-corrected chi connectivity index (χ4v) is 2.79. The van der Waals surface area contributed by atoms with Gasteiger partial charge in [0.25, 0.3) is 0 Å². The molecule has 0 aliphatic carbocycles. The van der Waals surface area contributed by atoms with Crippen molar-refractivity contribution in [2.75, 3.05) is 32.7 Å². The van der Waals surface area contributed by atoms with Crippen LogP contribution < -0.4 is 5.32 Å². The first-order valence-corrected chi connectivity index (χ1v) is 7.19. The summed E-state index contributed by atoms with van der Waals surface area (Å²) in [6.45, 7) is 6.70. The molecule has 5 nitrogen and oxygen atoms in total. The largest absolute Gasteiger partial charge is 0.387 e. The van der Waals surface area contributed by atoms with Gasteiger partial charge in [-0.2, -0.15) is 0 Å². The van der Waals surface area contributed by atoms with Crippen LogP contribution in [0.3, 0.4) is 0 Å². The number of aromatic nitrogens is 2. The molecule has 2 N–H and O–H groups in total. The van der Waals surface area contributed by atoms with E-state index < -0.39 is 6.10 Å². The summed E-state index contributed by atoms with van der Waals surface area (Å²) in [4.78, 5) is 6.83. The van der Waals surface area contributed by atoms with Crippen LogP contribution in [0.15, 0.2) is 18.2 Å². The van der Waals surface area contributed by atoms with Crippen LogP contribution in [0.1, 0.15) is 17.5 Å². The van der Waals surface area contributed by atoms with Gasteiger partial charge in [0.05, 0.1) is 17.1 Å². The predicted molar refractivity (Wildman–Crippen MR) is 79.7 cm³/mol. The van der Waals surface area contributed by atoms with Crippen molar-refractivity contribution in [3.63, 3.8) is 0 Å².